The van der Waals surface area contributed by atoms with Gasteiger partial charge < -0.3 is 9.30 Å². The Hall–Kier alpha value is -3.54. The number of aromatic nitrogens is 2. The molecule has 2 aliphatic rings. The third-order valence-corrected chi connectivity index (χ3v) is 6.90. The van der Waals surface area contributed by atoms with Crippen LogP contribution in [-0.4, -0.2) is 34.3 Å². The van der Waals surface area contributed by atoms with Crippen LogP contribution in [0.15, 0.2) is 65.8 Å². The SMILES string of the molecule is CCCN(c1ccc(F)cc1)N1CCCC(=Cc2ccc(-n3cnc(C)c3)c3c2CCO3)C1=C(C)C. The van der Waals surface area contributed by atoms with Crippen LogP contribution in [0.3, 0.4) is 0 Å². The third-order valence-electron chi connectivity index (χ3n) is 6.90. The molecule has 0 unspecified atom stereocenters. The van der Waals surface area contributed by atoms with Gasteiger partial charge in [0.05, 0.1) is 35.7 Å². The summed E-state index contributed by atoms with van der Waals surface area (Å²) >= 11 is 0. The lowest BCUT2D eigenvalue weighted by Crippen LogP contribution is -2.46. The summed E-state index contributed by atoms with van der Waals surface area (Å²) in [5, 5.41) is 4.72. The van der Waals surface area contributed by atoms with Gasteiger partial charge >= 0.3 is 0 Å². The van der Waals surface area contributed by atoms with Crippen molar-refractivity contribution in [3.63, 3.8) is 0 Å². The molecule has 3 aromatic rings. The van der Waals surface area contributed by atoms with Gasteiger partial charge in [0.2, 0.25) is 0 Å². The molecule has 0 radical (unpaired) electrons. The molecule has 0 spiro atoms. The van der Waals surface area contributed by atoms with Crippen molar-refractivity contribution in [1.82, 2.24) is 14.6 Å². The molecule has 0 amide bonds. The number of benzene rings is 2. The van der Waals surface area contributed by atoms with E-state index in [1.165, 1.54) is 28.0 Å². The van der Waals surface area contributed by atoms with Crippen LogP contribution in [0.1, 0.15) is 56.9 Å². The van der Waals surface area contributed by atoms with E-state index >= 15 is 0 Å². The van der Waals surface area contributed by atoms with E-state index < -0.39 is 0 Å². The number of hydrazine groups is 1. The highest BCUT2D eigenvalue weighted by molar-refractivity contribution is 5.69. The number of halogens is 1. The van der Waals surface area contributed by atoms with Crippen molar-refractivity contribution in [2.24, 2.45) is 0 Å². The van der Waals surface area contributed by atoms with Crippen molar-refractivity contribution in [2.75, 3.05) is 24.7 Å². The lowest BCUT2D eigenvalue weighted by atomic mass is 9.94. The van der Waals surface area contributed by atoms with Gasteiger partial charge in [-0.05, 0) is 87.6 Å². The van der Waals surface area contributed by atoms with E-state index in [4.69, 9.17) is 4.74 Å². The zero-order valence-corrected chi connectivity index (χ0v) is 21.7. The van der Waals surface area contributed by atoms with Crippen molar-refractivity contribution in [1.29, 1.82) is 0 Å². The molecule has 3 heterocycles. The lowest BCUT2D eigenvalue weighted by molar-refractivity contribution is 0.290. The van der Waals surface area contributed by atoms with Gasteiger partial charge in [-0.15, -0.1) is 0 Å². The Balaban J connectivity index is 1.54. The molecule has 5 nitrogen and oxygen atoms in total. The number of imidazole rings is 1. The molecular weight excluding hydrogens is 451 g/mol. The predicted molar refractivity (Wildman–Crippen MR) is 144 cm³/mol. The first kappa shape index (κ1) is 24.2. The van der Waals surface area contributed by atoms with Crippen molar-refractivity contribution >= 4 is 11.8 Å². The van der Waals surface area contributed by atoms with Crippen LogP contribution in [0.25, 0.3) is 11.8 Å². The van der Waals surface area contributed by atoms with E-state index in [1.54, 1.807) is 12.1 Å². The summed E-state index contributed by atoms with van der Waals surface area (Å²) in [7, 11) is 0. The molecule has 1 fully saturated rings. The summed E-state index contributed by atoms with van der Waals surface area (Å²) in [6.07, 6.45) is 10.2. The molecule has 1 aromatic heterocycles. The van der Waals surface area contributed by atoms with E-state index in [-0.39, 0.29) is 5.82 Å². The molecule has 0 aliphatic carbocycles. The Morgan fingerprint density at radius 2 is 1.94 bits per heavy atom. The molecule has 1 saturated heterocycles. The fourth-order valence-corrected chi connectivity index (χ4v) is 5.37. The first-order valence-electron chi connectivity index (χ1n) is 12.9. The van der Waals surface area contributed by atoms with Gasteiger partial charge in [0, 0.05) is 31.3 Å². The molecule has 6 heteroatoms. The number of allylic oxidation sites excluding steroid dienone is 2. The van der Waals surface area contributed by atoms with Crippen molar-refractivity contribution in [3.05, 3.63) is 88.4 Å². The zero-order chi connectivity index (χ0) is 25.2. The van der Waals surface area contributed by atoms with Gasteiger partial charge in [-0.2, -0.15) is 0 Å². The Bertz CT molecular complexity index is 1300. The zero-order valence-electron chi connectivity index (χ0n) is 21.7. The van der Waals surface area contributed by atoms with Gasteiger partial charge in [-0.25, -0.2) is 9.37 Å². The number of ether oxygens (including phenoxy) is 1. The number of piperidine rings is 1. The van der Waals surface area contributed by atoms with E-state index in [2.05, 4.69) is 54.0 Å². The number of aryl methyl sites for hydroxylation is 1. The fourth-order valence-electron chi connectivity index (χ4n) is 5.37. The van der Waals surface area contributed by atoms with Gasteiger partial charge in [0.25, 0.3) is 0 Å². The van der Waals surface area contributed by atoms with E-state index in [9.17, 15) is 4.39 Å². The molecule has 36 heavy (non-hydrogen) atoms. The van der Waals surface area contributed by atoms with E-state index in [0.29, 0.717) is 6.61 Å². The standard InChI is InChI=1S/C30H35FN4O/c1-5-15-34(26-11-9-25(31)10-12-26)35-16-6-7-24(29(35)21(2)3)18-23-8-13-28(30-27(23)14-17-36-30)33-19-22(4)32-20-33/h8-13,18-20H,5-7,14-17H2,1-4H3. The summed E-state index contributed by atoms with van der Waals surface area (Å²) in [5.74, 6) is 0.759. The van der Waals surface area contributed by atoms with Crippen LogP contribution in [0.2, 0.25) is 0 Å². The summed E-state index contributed by atoms with van der Waals surface area (Å²) in [6, 6.07) is 11.2. The summed E-state index contributed by atoms with van der Waals surface area (Å²) in [4.78, 5) is 4.39. The minimum absolute atomic E-state index is 0.206. The van der Waals surface area contributed by atoms with Crippen LogP contribution in [0.5, 0.6) is 5.75 Å². The fraction of sp³-hybridized carbons (Fsp3) is 0.367. The Labute approximate surface area is 213 Å². The second-order valence-corrected chi connectivity index (χ2v) is 9.85. The molecule has 5 rings (SSSR count). The lowest BCUT2D eigenvalue weighted by Gasteiger charge is -2.44. The highest BCUT2D eigenvalue weighted by Crippen LogP contribution is 2.39. The molecule has 0 atom stereocenters. The normalized spacial score (nSPS) is 16.3. The van der Waals surface area contributed by atoms with Gasteiger partial charge in [-0.1, -0.05) is 18.6 Å². The Morgan fingerprint density at radius 3 is 2.64 bits per heavy atom. The van der Waals surface area contributed by atoms with Crippen LogP contribution >= 0.6 is 0 Å². The van der Waals surface area contributed by atoms with Crippen LogP contribution < -0.4 is 9.75 Å². The van der Waals surface area contributed by atoms with Gasteiger partial charge in [-0.3, -0.25) is 10.0 Å². The average molecular weight is 487 g/mol. The largest absolute Gasteiger partial charge is 0.491 e. The van der Waals surface area contributed by atoms with Crippen molar-refractivity contribution in [2.45, 2.75) is 53.4 Å². The van der Waals surface area contributed by atoms with E-state index in [0.717, 1.165) is 61.6 Å². The van der Waals surface area contributed by atoms with Crippen LogP contribution in [-0.2, 0) is 6.42 Å². The molecule has 0 bridgehead atoms. The van der Waals surface area contributed by atoms with Crippen LogP contribution in [0.4, 0.5) is 10.1 Å². The molecular formula is C30H35FN4O. The summed E-state index contributed by atoms with van der Waals surface area (Å²) in [5.41, 5.74) is 9.42. The monoisotopic (exact) mass is 486 g/mol. The van der Waals surface area contributed by atoms with Gasteiger partial charge in [0.1, 0.15) is 11.6 Å². The summed E-state index contributed by atoms with van der Waals surface area (Å²) < 4.78 is 21.8. The quantitative estimate of drug-likeness (QED) is 0.381. The number of nitrogens with zero attached hydrogens (tertiary/aromatic N) is 4. The number of rotatable bonds is 6. The topological polar surface area (TPSA) is 33.5 Å². The second-order valence-electron chi connectivity index (χ2n) is 9.85. The highest BCUT2D eigenvalue weighted by Gasteiger charge is 2.27. The Morgan fingerprint density at radius 1 is 1.14 bits per heavy atom. The summed E-state index contributed by atoms with van der Waals surface area (Å²) in [6.45, 7) is 11.1. The number of fused-ring (bicyclic) bond motifs is 1. The number of hydrogen-bond acceptors (Lipinski definition) is 4. The molecule has 0 N–H and O–H groups in total. The van der Waals surface area contributed by atoms with Crippen molar-refractivity contribution < 1.29 is 9.13 Å². The third kappa shape index (κ3) is 4.64. The molecule has 188 valence electrons. The highest BCUT2D eigenvalue weighted by atomic mass is 19.1. The molecule has 0 saturated carbocycles. The van der Waals surface area contributed by atoms with Gasteiger partial charge in [0.15, 0.2) is 0 Å². The minimum Gasteiger partial charge on any atom is -0.491 e. The first-order valence-corrected chi connectivity index (χ1v) is 12.9. The average Bonchev–Trinajstić information content (AvgIpc) is 3.53. The number of hydrogen-bond donors (Lipinski definition) is 0. The first-order chi connectivity index (χ1) is 17.5. The maximum absolute atomic E-state index is 13.7. The Kier molecular flexibility index (Phi) is 6.86. The smallest absolute Gasteiger partial charge is 0.147 e. The maximum atomic E-state index is 13.7. The second kappa shape index (κ2) is 10.2. The number of anilines is 1. The molecule has 2 aliphatic heterocycles. The predicted octanol–water partition coefficient (Wildman–Crippen LogP) is 6.86. The van der Waals surface area contributed by atoms with Crippen LogP contribution in [0, 0.1) is 12.7 Å². The molecule has 2 aromatic carbocycles. The van der Waals surface area contributed by atoms with Crippen molar-refractivity contribution in [3.8, 4) is 11.4 Å². The minimum atomic E-state index is -0.206. The maximum Gasteiger partial charge on any atom is 0.147 e. The van der Waals surface area contributed by atoms with E-state index in [1.807, 2.05) is 36.1 Å².